The predicted molar refractivity (Wildman–Crippen MR) is 135 cm³/mol. The standard InChI is InChI=1S/C27H30N4O4/c1-27(2,3)35-26(34)31(24-12-8-19(16-28-24)9-13-25(32)33)22-14-15-30(18-22)17-21-11-10-20-6-4-5-7-23(20)29-21/h4-13,16,22H,14-15,17-18H2,1-3H3,(H,32,33)/b13-9+/t22-/m1/s1. The third kappa shape index (κ3) is 6.42. The molecule has 1 N–H and O–H groups in total. The molecule has 35 heavy (non-hydrogen) atoms. The first-order chi connectivity index (χ1) is 16.7. The van der Waals surface area contributed by atoms with Gasteiger partial charge in [-0.1, -0.05) is 24.3 Å². The Labute approximate surface area is 204 Å². The second kappa shape index (κ2) is 10.2. The summed E-state index contributed by atoms with van der Waals surface area (Å²) in [5, 5.41) is 9.95. The molecule has 3 heterocycles. The van der Waals surface area contributed by atoms with E-state index in [9.17, 15) is 9.59 Å². The van der Waals surface area contributed by atoms with E-state index in [1.807, 2.05) is 51.1 Å². The number of carboxylic acid groups (broad SMARTS) is 1. The van der Waals surface area contributed by atoms with Crippen LogP contribution in [0.15, 0.2) is 60.8 Å². The summed E-state index contributed by atoms with van der Waals surface area (Å²) in [4.78, 5) is 37.1. The topological polar surface area (TPSA) is 95.9 Å². The SMILES string of the molecule is CC(C)(C)OC(=O)N(c1ccc(/C=C/C(=O)O)cn1)[C@@H]1CCN(Cc2ccc3ccccc3n2)C1. The average molecular weight is 475 g/mol. The van der Waals surface area contributed by atoms with Crippen molar-refractivity contribution < 1.29 is 19.4 Å². The van der Waals surface area contributed by atoms with Gasteiger partial charge in [-0.25, -0.2) is 14.6 Å². The molecule has 4 rings (SSSR count). The summed E-state index contributed by atoms with van der Waals surface area (Å²) in [6, 6.07) is 15.5. The summed E-state index contributed by atoms with van der Waals surface area (Å²) in [5.41, 5.74) is 1.95. The van der Waals surface area contributed by atoms with Gasteiger partial charge in [0.15, 0.2) is 0 Å². The molecule has 1 amide bonds. The van der Waals surface area contributed by atoms with Crippen molar-refractivity contribution in [3.63, 3.8) is 0 Å². The number of hydrogen-bond acceptors (Lipinski definition) is 6. The first-order valence-corrected chi connectivity index (χ1v) is 11.6. The maximum absolute atomic E-state index is 13.2. The minimum atomic E-state index is -1.03. The number of hydrogen-bond donors (Lipinski definition) is 1. The predicted octanol–water partition coefficient (Wildman–Crippen LogP) is 4.74. The molecule has 1 aliphatic heterocycles. The van der Waals surface area contributed by atoms with Gasteiger partial charge in [0.05, 0.1) is 17.3 Å². The molecule has 3 aromatic rings. The molecule has 0 bridgehead atoms. The van der Waals surface area contributed by atoms with Gasteiger partial charge < -0.3 is 9.84 Å². The minimum absolute atomic E-state index is 0.113. The fraction of sp³-hybridized carbons (Fsp3) is 0.333. The summed E-state index contributed by atoms with van der Waals surface area (Å²) in [6.45, 7) is 7.68. The molecule has 1 aliphatic rings. The monoisotopic (exact) mass is 474 g/mol. The normalized spacial score (nSPS) is 16.6. The zero-order chi connectivity index (χ0) is 25.0. The molecule has 2 aromatic heterocycles. The van der Waals surface area contributed by atoms with Crippen LogP contribution in [0.25, 0.3) is 17.0 Å². The highest BCUT2D eigenvalue weighted by Gasteiger charge is 2.35. The first-order valence-electron chi connectivity index (χ1n) is 11.6. The van der Waals surface area contributed by atoms with Crippen molar-refractivity contribution in [1.29, 1.82) is 0 Å². The molecule has 1 aromatic carbocycles. The van der Waals surface area contributed by atoms with Crippen LogP contribution < -0.4 is 4.90 Å². The fourth-order valence-electron chi connectivity index (χ4n) is 4.14. The lowest BCUT2D eigenvalue weighted by Crippen LogP contribution is -2.45. The van der Waals surface area contributed by atoms with E-state index in [-0.39, 0.29) is 6.04 Å². The molecule has 1 saturated heterocycles. The molecule has 1 fully saturated rings. The van der Waals surface area contributed by atoms with Gasteiger partial charge in [0, 0.05) is 37.3 Å². The van der Waals surface area contributed by atoms with Gasteiger partial charge in [-0.2, -0.15) is 0 Å². The Morgan fingerprint density at radius 1 is 1.17 bits per heavy atom. The quantitative estimate of drug-likeness (QED) is 0.515. The van der Waals surface area contributed by atoms with Gasteiger partial charge in [-0.3, -0.25) is 14.8 Å². The number of anilines is 1. The maximum atomic E-state index is 13.2. The number of aromatic nitrogens is 2. The van der Waals surface area contributed by atoms with E-state index in [1.54, 1.807) is 23.2 Å². The highest BCUT2D eigenvalue weighted by atomic mass is 16.6. The summed E-state index contributed by atoms with van der Waals surface area (Å²) >= 11 is 0. The number of rotatable bonds is 6. The molecule has 1 atom stereocenters. The number of carboxylic acids is 1. The number of benzene rings is 1. The molecule has 0 aliphatic carbocycles. The van der Waals surface area contributed by atoms with E-state index in [0.29, 0.717) is 24.5 Å². The third-order valence-electron chi connectivity index (χ3n) is 5.68. The number of likely N-dealkylation sites (tertiary alicyclic amines) is 1. The molecule has 0 unspecified atom stereocenters. The van der Waals surface area contributed by atoms with E-state index in [2.05, 4.69) is 16.0 Å². The number of para-hydroxylation sites is 1. The van der Waals surface area contributed by atoms with Gasteiger partial charge in [0.2, 0.25) is 0 Å². The maximum Gasteiger partial charge on any atom is 0.416 e. The van der Waals surface area contributed by atoms with Crippen LogP contribution in [0.2, 0.25) is 0 Å². The second-order valence-corrected chi connectivity index (χ2v) is 9.64. The van der Waals surface area contributed by atoms with Crippen LogP contribution in [0, 0.1) is 0 Å². The molecule has 182 valence electrons. The zero-order valence-corrected chi connectivity index (χ0v) is 20.2. The van der Waals surface area contributed by atoms with Gasteiger partial charge >= 0.3 is 12.1 Å². The Bertz CT molecular complexity index is 1230. The number of nitrogens with zero attached hydrogens (tertiary/aromatic N) is 4. The highest BCUT2D eigenvalue weighted by Crippen LogP contribution is 2.26. The number of ether oxygens (including phenoxy) is 1. The molecular formula is C27H30N4O4. The second-order valence-electron chi connectivity index (χ2n) is 9.64. The van der Waals surface area contributed by atoms with Crippen LogP contribution in [0.3, 0.4) is 0 Å². The van der Waals surface area contributed by atoms with E-state index in [1.165, 1.54) is 6.08 Å². The van der Waals surface area contributed by atoms with Crippen molar-refractivity contribution in [3.05, 3.63) is 72.1 Å². The zero-order valence-electron chi connectivity index (χ0n) is 20.2. The average Bonchev–Trinajstić information content (AvgIpc) is 3.25. The molecule has 0 saturated carbocycles. The van der Waals surface area contributed by atoms with Crippen LogP contribution in [-0.2, 0) is 16.1 Å². The lowest BCUT2D eigenvalue weighted by Gasteiger charge is -2.31. The Morgan fingerprint density at radius 3 is 2.69 bits per heavy atom. The number of carbonyl (C=O) groups excluding carboxylic acids is 1. The fourth-order valence-corrected chi connectivity index (χ4v) is 4.14. The van der Waals surface area contributed by atoms with Crippen molar-refractivity contribution in [2.75, 3.05) is 18.0 Å². The number of pyridine rings is 2. The van der Waals surface area contributed by atoms with Gasteiger partial charge in [-0.05, 0) is 63.1 Å². The number of amides is 1. The summed E-state index contributed by atoms with van der Waals surface area (Å²) in [7, 11) is 0. The molecule has 8 nitrogen and oxygen atoms in total. The van der Waals surface area contributed by atoms with Crippen LogP contribution in [0.4, 0.5) is 10.6 Å². The number of aliphatic carboxylic acids is 1. The van der Waals surface area contributed by atoms with Crippen molar-refractivity contribution >= 4 is 34.9 Å². The van der Waals surface area contributed by atoms with Gasteiger partial charge in [0.25, 0.3) is 0 Å². The Morgan fingerprint density at radius 2 is 1.97 bits per heavy atom. The van der Waals surface area contributed by atoms with Crippen LogP contribution in [-0.4, -0.2) is 56.8 Å². The number of carbonyl (C=O) groups is 2. The van der Waals surface area contributed by atoms with Crippen molar-refractivity contribution in [1.82, 2.24) is 14.9 Å². The Hall–Kier alpha value is -3.78. The molecule has 0 spiro atoms. The smallest absolute Gasteiger partial charge is 0.416 e. The molecule has 8 heteroatoms. The van der Waals surface area contributed by atoms with Crippen LogP contribution >= 0.6 is 0 Å². The molecule has 0 radical (unpaired) electrons. The Balaban J connectivity index is 1.52. The number of fused-ring (bicyclic) bond motifs is 1. The minimum Gasteiger partial charge on any atom is -0.478 e. The van der Waals surface area contributed by atoms with Gasteiger partial charge in [0.1, 0.15) is 11.4 Å². The van der Waals surface area contributed by atoms with Gasteiger partial charge in [-0.15, -0.1) is 0 Å². The largest absolute Gasteiger partial charge is 0.478 e. The summed E-state index contributed by atoms with van der Waals surface area (Å²) < 4.78 is 5.70. The van der Waals surface area contributed by atoms with E-state index < -0.39 is 17.7 Å². The lowest BCUT2D eigenvalue weighted by molar-refractivity contribution is -0.131. The summed E-state index contributed by atoms with van der Waals surface area (Å²) in [5.74, 6) is -0.557. The first kappa shape index (κ1) is 24.3. The highest BCUT2D eigenvalue weighted by molar-refractivity contribution is 5.88. The van der Waals surface area contributed by atoms with Crippen LogP contribution in [0.1, 0.15) is 38.4 Å². The van der Waals surface area contributed by atoms with E-state index in [0.717, 1.165) is 35.6 Å². The van der Waals surface area contributed by atoms with E-state index >= 15 is 0 Å². The molecular weight excluding hydrogens is 444 g/mol. The lowest BCUT2D eigenvalue weighted by atomic mass is 10.2. The third-order valence-corrected chi connectivity index (χ3v) is 5.68. The van der Waals surface area contributed by atoms with Crippen molar-refractivity contribution in [2.45, 2.75) is 45.4 Å². The van der Waals surface area contributed by atoms with Crippen molar-refractivity contribution in [2.24, 2.45) is 0 Å². The summed E-state index contributed by atoms with van der Waals surface area (Å²) in [6.07, 6.45) is 4.39. The van der Waals surface area contributed by atoms with Crippen molar-refractivity contribution in [3.8, 4) is 0 Å². The Kier molecular flexibility index (Phi) is 7.12. The van der Waals surface area contributed by atoms with Crippen LogP contribution in [0.5, 0.6) is 0 Å². The van der Waals surface area contributed by atoms with E-state index in [4.69, 9.17) is 14.8 Å².